The maximum atomic E-state index is 13.7. The smallest absolute Gasteiger partial charge is 0.406 e. The molecule has 2 aromatic carbocycles. The lowest BCUT2D eigenvalue weighted by Crippen LogP contribution is -2.60. The molecule has 0 bridgehead atoms. The predicted octanol–water partition coefficient (Wildman–Crippen LogP) is 4.39. The molecule has 1 atom stereocenters. The fourth-order valence-electron chi connectivity index (χ4n) is 4.91. The largest absolute Gasteiger partial charge is 0.573 e. The maximum absolute atomic E-state index is 13.7. The average molecular weight is 719 g/mol. The second kappa shape index (κ2) is 15.3. The van der Waals surface area contributed by atoms with E-state index >= 15 is 0 Å². The van der Waals surface area contributed by atoms with Crippen molar-refractivity contribution in [2.45, 2.75) is 62.9 Å². The molecule has 0 spiro atoms. The van der Waals surface area contributed by atoms with E-state index in [1.807, 2.05) is 13.8 Å². The van der Waals surface area contributed by atoms with Crippen LogP contribution in [0, 0.1) is 0 Å². The van der Waals surface area contributed by atoms with Gasteiger partial charge in [-0.15, -0.1) is 36.5 Å². The Balaban J connectivity index is 1.55. The number of anilines is 1. The van der Waals surface area contributed by atoms with Crippen LogP contribution >= 0.6 is 0 Å². The number of rotatable bonds is 12. The van der Waals surface area contributed by atoms with Crippen LogP contribution < -0.4 is 25.0 Å². The normalized spacial score (nSPS) is 15.9. The van der Waals surface area contributed by atoms with Crippen LogP contribution in [0.1, 0.15) is 42.7 Å². The molecule has 12 nitrogen and oxygen atoms in total. The fraction of sp³-hybridized carbons (Fsp3) is 0.400. The molecule has 0 saturated carbocycles. The standard InChI is InChI=1S/C30H32F6N6O6S/c1-3-20(4-2)38-27(43)24-13-14-26(40-39-24)41-15-16-42(49(45,46)23-11-9-22(10-12-23)48-30(34,35)36)25(18-41)28(44)37-17-19-5-7-21(8-6-19)47-29(31,32)33/h5-14,20,25H,3-4,15-18H2,1-2H3,(H,37,44)(H,38,43). The number of piperazine rings is 1. The number of sulfonamides is 1. The number of carbonyl (C=O) groups excluding carboxylic acids is 2. The van der Waals surface area contributed by atoms with Crippen molar-refractivity contribution in [3.8, 4) is 11.5 Å². The van der Waals surface area contributed by atoms with Gasteiger partial charge >= 0.3 is 12.7 Å². The van der Waals surface area contributed by atoms with Gasteiger partial charge < -0.3 is 25.0 Å². The summed E-state index contributed by atoms with van der Waals surface area (Å²) >= 11 is 0. The van der Waals surface area contributed by atoms with Crippen LogP contribution in [0.3, 0.4) is 0 Å². The number of carbonyl (C=O) groups is 2. The number of halogens is 6. The summed E-state index contributed by atoms with van der Waals surface area (Å²) in [5.74, 6) is -2.09. The molecule has 1 saturated heterocycles. The molecule has 266 valence electrons. The summed E-state index contributed by atoms with van der Waals surface area (Å²) in [4.78, 5) is 27.3. The fourth-order valence-corrected chi connectivity index (χ4v) is 6.48. The number of ether oxygens (including phenoxy) is 2. The molecule has 19 heteroatoms. The topological polar surface area (TPSA) is 143 Å². The maximum Gasteiger partial charge on any atom is 0.573 e. The SMILES string of the molecule is CCC(CC)NC(=O)c1ccc(N2CCN(S(=O)(=O)c3ccc(OC(F)(F)F)cc3)C(C(=O)NCc3ccc(OC(F)(F)F)cc3)C2)nn1. The van der Waals surface area contributed by atoms with Gasteiger partial charge in [-0.25, -0.2) is 8.42 Å². The van der Waals surface area contributed by atoms with E-state index in [4.69, 9.17) is 0 Å². The quantitative estimate of drug-likeness (QED) is 0.261. The third kappa shape index (κ3) is 10.2. The van der Waals surface area contributed by atoms with Gasteiger partial charge in [-0.1, -0.05) is 26.0 Å². The summed E-state index contributed by atoms with van der Waals surface area (Å²) in [7, 11) is -4.47. The molecule has 2 heterocycles. The van der Waals surface area contributed by atoms with Gasteiger partial charge in [-0.3, -0.25) is 9.59 Å². The van der Waals surface area contributed by atoms with Crippen LogP contribution in [-0.2, 0) is 21.4 Å². The highest BCUT2D eigenvalue weighted by molar-refractivity contribution is 7.89. The van der Waals surface area contributed by atoms with Gasteiger partial charge in [-0.2, -0.15) is 4.31 Å². The first-order valence-corrected chi connectivity index (χ1v) is 16.3. The van der Waals surface area contributed by atoms with Crippen molar-refractivity contribution in [1.29, 1.82) is 0 Å². The summed E-state index contributed by atoms with van der Waals surface area (Å²) in [5.41, 5.74) is 0.425. The van der Waals surface area contributed by atoms with Crippen LogP contribution in [0.5, 0.6) is 11.5 Å². The van der Waals surface area contributed by atoms with Gasteiger partial charge in [0, 0.05) is 32.2 Å². The number of aromatic nitrogens is 2. The first kappa shape index (κ1) is 37.2. The molecule has 1 unspecified atom stereocenters. The first-order valence-electron chi connectivity index (χ1n) is 14.9. The van der Waals surface area contributed by atoms with Crippen molar-refractivity contribution in [2.75, 3.05) is 24.5 Å². The number of hydrogen-bond donors (Lipinski definition) is 2. The molecule has 2 amide bonds. The summed E-state index contributed by atoms with van der Waals surface area (Å²) in [6.45, 7) is 3.18. The summed E-state index contributed by atoms with van der Waals surface area (Å²) in [6, 6.07) is 9.63. The zero-order chi connectivity index (χ0) is 36.0. The van der Waals surface area contributed by atoms with Crippen LogP contribution in [0.15, 0.2) is 65.6 Å². The predicted molar refractivity (Wildman–Crippen MR) is 162 cm³/mol. The van der Waals surface area contributed by atoms with E-state index in [1.165, 1.54) is 24.3 Å². The lowest BCUT2D eigenvalue weighted by atomic mass is 10.1. The van der Waals surface area contributed by atoms with Crippen LogP contribution in [0.2, 0.25) is 0 Å². The second-order valence-electron chi connectivity index (χ2n) is 10.8. The lowest BCUT2D eigenvalue weighted by molar-refractivity contribution is -0.275. The Kier molecular flexibility index (Phi) is 11.6. The Labute approximate surface area is 277 Å². The molecule has 1 aromatic heterocycles. The van der Waals surface area contributed by atoms with Crippen LogP contribution in [-0.4, -0.2) is 79.2 Å². The molecule has 0 aliphatic carbocycles. The molecule has 3 aromatic rings. The van der Waals surface area contributed by atoms with Crippen LogP contribution in [0.25, 0.3) is 0 Å². The van der Waals surface area contributed by atoms with Gasteiger partial charge in [0.1, 0.15) is 17.5 Å². The summed E-state index contributed by atoms with van der Waals surface area (Å²) in [6.07, 6.45) is -8.46. The molecule has 0 radical (unpaired) electrons. The third-order valence-electron chi connectivity index (χ3n) is 7.45. The van der Waals surface area contributed by atoms with Crippen molar-refractivity contribution in [2.24, 2.45) is 0 Å². The second-order valence-corrected chi connectivity index (χ2v) is 12.7. The van der Waals surface area contributed by atoms with Crippen molar-refractivity contribution in [1.82, 2.24) is 25.1 Å². The Morgan fingerprint density at radius 2 is 1.43 bits per heavy atom. The van der Waals surface area contributed by atoms with E-state index in [0.717, 1.165) is 40.7 Å². The van der Waals surface area contributed by atoms with Gasteiger partial charge in [0.2, 0.25) is 15.9 Å². The number of alkyl halides is 6. The molecule has 1 fully saturated rings. The Morgan fingerprint density at radius 1 is 0.857 bits per heavy atom. The van der Waals surface area contributed by atoms with E-state index in [9.17, 15) is 44.3 Å². The van der Waals surface area contributed by atoms with E-state index in [-0.39, 0.29) is 43.7 Å². The number of nitrogens with one attached hydrogen (secondary N) is 2. The van der Waals surface area contributed by atoms with E-state index in [1.54, 1.807) is 4.90 Å². The van der Waals surface area contributed by atoms with Gasteiger partial charge in [0.25, 0.3) is 5.91 Å². The lowest BCUT2D eigenvalue weighted by Gasteiger charge is -2.40. The summed E-state index contributed by atoms with van der Waals surface area (Å²) in [5, 5.41) is 13.5. The van der Waals surface area contributed by atoms with Gasteiger partial charge in [0.05, 0.1) is 4.90 Å². The molecule has 49 heavy (non-hydrogen) atoms. The molecule has 1 aliphatic rings. The number of benzene rings is 2. The van der Waals surface area contributed by atoms with Gasteiger partial charge in [-0.05, 0) is 66.9 Å². The minimum Gasteiger partial charge on any atom is -0.406 e. The van der Waals surface area contributed by atoms with Crippen LogP contribution in [0.4, 0.5) is 32.2 Å². The molecule has 1 aliphatic heterocycles. The van der Waals surface area contributed by atoms with Crippen molar-refractivity contribution < 1.29 is 53.8 Å². The van der Waals surface area contributed by atoms with Gasteiger partial charge in [0.15, 0.2) is 11.5 Å². The molecular formula is C30H32F6N6O6S. The highest BCUT2D eigenvalue weighted by atomic mass is 32.2. The van der Waals surface area contributed by atoms with Crippen molar-refractivity contribution in [3.63, 3.8) is 0 Å². The van der Waals surface area contributed by atoms with E-state index in [0.29, 0.717) is 18.4 Å². The molecular weight excluding hydrogens is 686 g/mol. The third-order valence-corrected chi connectivity index (χ3v) is 9.37. The average Bonchev–Trinajstić information content (AvgIpc) is 3.05. The van der Waals surface area contributed by atoms with E-state index < -0.39 is 57.0 Å². The number of nitrogens with zero attached hydrogens (tertiary/aromatic N) is 4. The number of hydrogen-bond acceptors (Lipinski definition) is 9. The Morgan fingerprint density at radius 3 is 1.94 bits per heavy atom. The van der Waals surface area contributed by atoms with Crippen molar-refractivity contribution >= 4 is 27.7 Å². The minimum absolute atomic E-state index is 0.0207. The zero-order valence-corrected chi connectivity index (χ0v) is 26.9. The number of amides is 2. The van der Waals surface area contributed by atoms with Crippen molar-refractivity contribution in [3.05, 3.63) is 71.9 Å². The Bertz CT molecular complexity index is 1690. The summed E-state index contributed by atoms with van der Waals surface area (Å²) < 4.78 is 111. The highest BCUT2D eigenvalue weighted by Crippen LogP contribution is 2.28. The first-order chi connectivity index (χ1) is 23.0. The Hall–Kier alpha value is -4.65. The highest BCUT2D eigenvalue weighted by Gasteiger charge is 2.41. The minimum atomic E-state index is -5.00. The monoisotopic (exact) mass is 718 g/mol. The molecule has 2 N–H and O–H groups in total. The molecule has 4 rings (SSSR count). The zero-order valence-electron chi connectivity index (χ0n) is 26.1. The van der Waals surface area contributed by atoms with E-state index in [2.05, 4.69) is 30.3 Å².